The first kappa shape index (κ1) is 22.7. The number of likely N-dealkylation sites (tertiary alicyclic amines) is 1. The van der Waals surface area contributed by atoms with Crippen molar-refractivity contribution in [3.05, 3.63) is 52.3 Å². The number of rotatable bonds is 5. The van der Waals surface area contributed by atoms with Crippen LogP contribution in [-0.2, 0) is 4.79 Å². The summed E-state index contributed by atoms with van der Waals surface area (Å²) in [5, 5.41) is 10.7. The summed E-state index contributed by atoms with van der Waals surface area (Å²) < 4.78 is 3.67. The van der Waals surface area contributed by atoms with E-state index in [2.05, 4.69) is 33.3 Å². The van der Waals surface area contributed by atoms with Gasteiger partial charge in [-0.05, 0) is 61.6 Å². The molecule has 0 radical (unpaired) electrons. The van der Waals surface area contributed by atoms with Crippen LogP contribution in [-0.4, -0.2) is 49.4 Å². The predicted octanol–water partition coefficient (Wildman–Crippen LogP) is 3.14. The molecule has 6 rings (SSSR count). The fourth-order valence-electron chi connectivity index (χ4n) is 5.12. The van der Waals surface area contributed by atoms with Crippen molar-refractivity contribution in [2.75, 3.05) is 18.8 Å². The number of carbonyl (C=O) groups excluding carboxylic acids is 2. The molecule has 1 aromatic carbocycles. The number of carbonyl (C=O) groups is 2. The molecule has 3 heterocycles. The van der Waals surface area contributed by atoms with E-state index >= 15 is 0 Å². The highest BCUT2D eigenvalue weighted by atomic mass is 35.5. The zero-order valence-electron chi connectivity index (χ0n) is 19.7. The Labute approximate surface area is 213 Å². The predicted molar refractivity (Wildman–Crippen MR) is 137 cm³/mol. The summed E-state index contributed by atoms with van der Waals surface area (Å²) in [6.07, 6.45) is 8.32. The standard InChI is InChI=1S/C26H26ClN7O2/c1-2-22(35)32-10-9-16(13-32)34-25(28)23(26(29)36)21(31-34)8-7-17-19-12-30-33(15-5-6-15)24(19)18(11-20(17)27)14-3-4-14/h2,11-12,14-16H,1,3-6,9-10,13,28H2,(H2,29,36)/t16-/m0/s1. The fraction of sp³-hybridized carbons (Fsp3) is 0.385. The highest BCUT2D eigenvalue weighted by Gasteiger charge is 2.33. The lowest BCUT2D eigenvalue weighted by molar-refractivity contribution is -0.125. The molecule has 2 aliphatic carbocycles. The van der Waals surface area contributed by atoms with Crippen LogP contribution in [0.2, 0.25) is 5.02 Å². The summed E-state index contributed by atoms with van der Waals surface area (Å²) in [6, 6.07) is 2.25. The fourth-order valence-corrected chi connectivity index (χ4v) is 5.38. The van der Waals surface area contributed by atoms with Gasteiger partial charge >= 0.3 is 0 Å². The number of aromatic nitrogens is 4. The number of amides is 2. The van der Waals surface area contributed by atoms with Gasteiger partial charge in [-0.2, -0.15) is 10.2 Å². The van der Waals surface area contributed by atoms with Crippen LogP contribution < -0.4 is 11.5 Å². The third kappa shape index (κ3) is 3.73. The van der Waals surface area contributed by atoms with Crippen molar-refractivity contribution in [1.29, 1.82) is 0 Å². The van der Waals surface area contributed by atoms with E-state index in [9.17, 15) is 9.59 Å². The number of halogens is 1. The van der Waals surface area contributed by atoms with E-state index in [-0.39, 0.29) is 29.0 Å². The molecule has 3 aromatic rings. The molecular formula is C26H26ClN7O2. The molecule has 0 unspecified atom stereocenters. The van der Waals surface area contributed by atoms with Gasteiger partial charge in [0.2, 0.25) is 5.91 Å². The van der Waals surface area contributed by atoms with Gasteiger partial charge in [-0.25, -0.2) is 4.68 Å². The third-order valence-corrected chi connectivity index (χ3v) is 7.56. The Kier molecular flexibility index (Phi) is 5.30. The Hall–Kier alpha value is -3.77. The maximum atomic E-state index is 12.3. The first-order valence-corrected chi connectivity index (χ1v) is 12.6. The summed E-state index contributed by atoms with van der Waals surface area (Å²) in [7, 11) is 0. The summed E-state index contributed by atoms with van der Waals surface area (Å²) in [5.41, 5.74) is 15.2. The Morgan fingerprint density at radius 3 is 2.58 bits per heavy atom. The highest BCUT2D eigenvalue weighted by Crippen LogP contribution is 2.47. The number of anilines is 1. The molecule has 10 heteroatoms. The van der Waals surface area contributed by atoms with Crippen LogP contribution in [0, 0.1) is 11.8 Å². The first-order valence-electron chi connectivity index (χ1n) is 12.2. The van der Waals surface area contributed by atoms with Gasteiger partial charge in [-0.15, -0.1) is 0 Å². The van der Waals surface area contributed by atoms with Crippen molar-refractivity contribution in [3.8, 4) is 11.8 Å². The van der Waals surface area contributed by atoms with Crippen LogP contribution in [0.1, 0.15) is 77.3 Å². The molecule has 0 bridgehead atoms. The van der Waals surface area contributed by atoms with E-state index in [1.54, 1.807) is 9.58 Å². The Morgan fingerprint density at radius 1 is 1.14 bits per heavy atom. The zero-order chi connectivity index (χ0) is 25.1. The minimum Gasteiger partial charge on any atom is -0.383 e. The van der Waals surface area contributed by atoms with Crippen molar-refractivity contribution >= 4 is 40.1 Å². The van der Waals surface area contributed by atoms with Crippen molar-refractivity contribution in [2.24, 2.45) is 5.73 Å². The molecule has 9 nitrogen and oxygen atoms in total. The number of hydrogen-bond acceptors (Lipinski definition) is 5. The second-order valence-corrected chi connectivity index (χ2v) is 10.2. The van der Waals surface area contributed by atoms with Crippen LogP contribution >= 0.6 is 11.6 Å². The lowest BCUT2D eigenvalue weighted by atomic mass is 10.0. The number of nitrogen functional groups attached to an aromatic ring is 1. The second-order valence-electron chi connectivity index (χ2n) is 9.78. The number of nitrogens with zero attached hydrogens (tertiary/aromatic N) is 5. The molecular weight excluding hydrogens is 478 g/mol. The molecule has 1 atom stereocenters. The average Bonchev–Trinajstić information content (AvgIpc) is 3.76. The van der Waals surface area contributed by atoms with Crippen LogP contribution in [0.25, 0.3) is 10.9 Å². The van der Waals surface area contributed by atoms with Gasteiger partial charge in [-0.3, -0.25) is 14.3 Å². The zero-order valence-corrected chi connectivity index (χ0v) is 20.5. The summed E-state index contributed by atoms with van der Waals surface area (Å²) in [6.45, 7) is 4.51. The van der Waals surface area contributed by atoms with Crippen molar-refractivity contribution in [2.45, 2.75) is 50.1 Å². The van der Waals surface area contributed by atoms with Crippen molar-refractivity contribution in [3.63, 3.8) is 0 Å². The van der Waals surface area contributed by atoms with Crippen LogP contribution in [0.15, 0.2) is 24.9 Å². The maximum absolute atomic E-state index is 12.3. The van der Waals surface area contributed by atoms with Gasteiger partial charge in [0.25, 0.3) is 5.91 Å². The molecule has 3 aliphatic rings. The monoisotopic (exact) mass is 503 g/mol. The Balaban J connectivity index is 1.41. The van der Waals surface area contributed by atoms with E-state index in [1.807, 2.05) is 12.3 Å². The van der Waals surface area contributed by atoms with Crippen LogP contribution in [0.3, 0.4) is 0 Å². The van der Waals surface area contributed by atoms with Crippen molar-refractivity contribution < 1.29 is 9.59 Å². The van der Waals surface area contributed by atoms with Gasteiger partial charge in [0, 0.05) is 18.5 Å². The molecule has 1 aliphatic heterocycles. The quantitative estimate of drug-likeness (QED) is 0.408. The molecule has 2 aromatic heterocycles. The molecule has 1 saturated heterocycles. The number of benzene rings is 1. The topological polar surface area (TPSA) is 125 Å². The Morgan fingerprint density at radius 2 is 1.92 bits per heavy atom. The minimum atomic E-state index is -0.707. The van der Waals surface area contributed by atoms with E-state index in [4.69, 9.17) is 23.1 Å². The first-order chi connectivity index (χ1) is 17.4. The average molecular weight is 504 g/mol. The molecule has 2 saturated carbocycles. The largest absolute Gasteiger partial charge is 0.383 e. The molecule has 0 spiro atoms. The van der Waals surface area contributed by atoms with E-state index in [0.717, 1.165) is 36.6 Å². The Bertz CT molecular complexity index is 1500. The maximum Gasteiger partial charge on any atom is 0.255 e. The van der Waals surface area contributed by atoms with Crippen molar-refractivity contribution in [1.82, 2.24) is 24.5 Å². The number of primary amides is 1. The number of hydrogen-bond donors (Lipinski definition) is 2. The lowest BCUT2D eigenvalue weighted by Gasteiger charge is -2.15. The molecule has 3 fully saturated rings. The second kappa shape index (κ2) is 8.42. The number of nitrogens with two attached hydrogens (primary N) is 2. The minimum absolute atomic E-state index is 0.0756. The van der Waals surface area contributed by atoms with E-state index in [1.165, 1.54) is 11.6 Å². The molecule has 36 heavy (non-hydrogen) atoms. The van der Waals surface area contributed by atoms with Gasteiger partial charge in [-0.1, -0.05) is 24.1 Å². The highest BCUT2D eigenvalue weighted by molar-refractivity contribution is 6.33. The third-order valence-electron chi connectivity index (χ3n) is 7.26. The smallest absolute Gasteiger partial charge is 0.255 e. The molecule has 184 valence electrons. The van der Waals surface area contributed by atoms with Crippen LogP contribution in [0.4, 0.5) is 5.82 Å². The number of fused-ring (bicyclic) bond motifs is 1. The van der Waals surface area contributed by atoms with Gasteiger partial charge in [0.15, 0.2) is 5.69 Å². The molecule has 4 N–H and O–H groups in total. The van der Waals surface area contributed by atoms with Crippen LogP contribution in [0.5, 0.6) is 0 Å². The normalized spacial score (nSPS) is 19.4. The van der Waals surface area contributed by atoms with Gasteiger partial charge < -0.3 is 16.4 Å². The summed E-state index contributed by atoms with van der Waals surface area (Å²) in [4.78, 5) is 26.0. The molecule has 2 amide bonds. The van der Waals surface area contributed by atoms with Gasteiger partial charge in [0.05, 0.1) is 34.4 Å². The van der Waals surface area contributed by atoms with Gasteiger partial charge in [0.1, 0.15) is 11.4 Å². The lowest BCUT2D eigenvalue weighted by Crippen LogP contribution is -2.27. The van der Waals surface area contributed by atoms with E-state index in [0.29, 0.717) is 42.1 Å². The van der Waals surface area contributed by atoms with E-state index < -0.39 is 5.91 Å². The summed E-state index contributed by atoms with van der Waals surface area (Å²) in [5.74, 6) is 5.95. The summed E-state index contributed by atoms with van der Waals surface area (Å²) >= 11 is 6.73. The SMILES string of the molecule is C=CC(=O)N1CC[C@H](n2nc(C#Cc3c(Cl)cc(C4CC4)c4c3cnn4C3CC3)c(C(N)=O)c2N)C1.